The number of aryl methyl sites for hydroxylation is 1. The first-order valence-electron chi connectivity index (χ1n) is 9.56. The van der Waals surface area contributed by atoms with Crippen LogP contribution in [0.25, 0.3) is 0 Å². The fraction of sp³-hybridized carbons (Fsp3) is 0.217. The molecule has 1 atom stereocenters. The Labute approximate surface area is 169 Å². The van der Waals surface area contributed by atoms with Gasteiger partial charge in [-0.25, -0.2) is 4.79 Å². The molecule has 3 aromatic rings. The van der Waals surface area contributed by atoms with E-state index in [9.17, 15) is 4.79 Å². The second-order valence-electron chi connectivity index (χ2n) is 6.98. The van der Waals surface area contributed by atoms with Crippen LogP contribution >= 0.6 is 0 Å². The number of fused-ring (bicyclic) bond motifs is 1. The Balaban J connectivity index is 1.71. The Morgan fingerprint density at radius 3 is 2.83 bits per heavy atom. The van der Waals surface area contributed by atoms with Crippen molar-refractivity contribution < 1.29 is 9.53 Å². The molecular weight excluding hydrogens is 364 g/mol. The summed E-state index contributed by atoms with van der Waals surface area (Å²) in [6.07, 6.45) is 2.91. The number of nitrogens with zero attached hydrogens (tertiary/aromatic N) is 3. The van der Waals surface area contributed by atoms with Crippen LogP contribution in [0, 0.1) is 11.3 Å². The number of carbonyl (C=O) groups is 1. The molecule has 0 radical (unpaired) electrons. The number of aromatic nitrogens is 1. The number of nitriles is 1. The van der Waals surface area contributed by atoms with Crippen LogP contribution < -0.4 is 10.1 Å². The quantitative estimate of drug-likeness (QED) is 0.725. The summed E-state index contributed by atoms with van der Waals surface area (Å²) in [5, 5.41) is 12.1. The Bertz CT molecular complexity index is 1070. The Hall–Kier alpha value is -3.72. The Morgan fingerprint density at radius 2 is 2.00 bits per heavy atom. The summed E-state index contributed by atoms with van der Waals surface area (Å²) in [5.74, 6) is 0.756. The summed E-state index contributed by atoms with van der Waals surface area (Å²) < 4.78 is 7.61. The van der Waals surface area contributed by atoms with Crippen LogP contribution in [0.4, 0.5) is 10.5 Å². The molecule has 4 rings (SSSR count). The van der Waals surface area contributed by atoms with Gasteiger partial charge in [0.05, 0.1) is 24.8 Å². The van der Waals surface area contributed by atoms with E-state index >= 15 is 0 Å². The first-order chi connectivity index (χ1) is 14.2. The molecule has 0 saturated carbocycles. The number of anilines is 1. The van der Waals surface area contributed by atoms with Gasteiger partial charge in [-0.05, 0) is 54.4 Å². The zero-order chi connectivity index (χ0) is 20.2. The van der Waals surface area contributed by atoms with Crippen LogP contribution in [0.1, 0.15) is 29.3 Å². The number of amides is 2. The molecule has 6 heteroatoms. The average Bonchev–Trinajstić information content (AvgIpc) is 3.13. The Morgan fingerprint density at radius 1 is 1.14 bits per heavy atom. The van der Waals surface area contributed by atoms with Crippen LogP contribution in [0.15, 0.2) is 66.9 Å². The van der Waals surface area contributed by atoms with Crippen molar-refractivity contribution in [3.8, 4) is 11.8 Å². The molecule has 2 heterocycles. The van der Waals surface area contributed by atoms with Crippen molar-refractivity contribution in [2.45, 2.75) is 19.0 Å². The number of carbonyl (C=O) groups excluding carboxylic acids is 1. The van der Waals surface area contributed by atoms with Crippen LogP contribution in [0.5, 0.6) is 5.75 Å². The van der Waals surface area contributed by atoms with Gasteiger partial charge in [-0.1, -0.05) is 18.2 Å². The Kier molecular flexibility index (Phi) is 5.21. The van der Waals surface area contributed by atoms with Gasteiger partial charge < -0.3 is 19.5 Å². The monoisotopic (exact) mass is 386 g/mol. The van der Waals surface area contributed by atoms with Gasteiger partial charge in [0.2, 0.25) is 0 Å². The van der Waals surface area contributed by atoms with Gasteiger partial charge in [0, 0.05) is 30.7 Å². The fourth-order valence-corrected chi connectivity index (χ4v) is 3.82. The van der Waals surface area contributed by atoms with E-state index in [1.165, 1.54) is 0 Å². The van der Waals surface area contributed by atoms with E-state index < -0.39 is 0 Å². The normalized spacial score (nSPS) is 15.7. The lowest BCUT2D eigenvalue weighted by molar-refractivity contribution is 0.199. The van der Waals surface area contributed by atoms with Crippen molar-refractivity contribution in [2.75, 3.05) is 19.0 Å². The van der Waals surface area contributed by atoms with Gasteiger partial charge in [0.15, 0.2) is 0 Å². The number of hydrogen-bond donors (Lipinski definition) is 1. The van der Waals surface area contributed by atoms with Gasteiger partial charge >= 0.3 is 6.03 Å². The molecule has 1 aliphatic heterocycles. The molecule has 1 unspecified atom stereocenters. The second-order valence-corrected chi connectivity index (χ2v) is 6.98. The highest BCUT2D eigenvalue weighted by atomic mass is 16.5. The minimum absolute atomic E-state index is 0.192. The minimum atomic E-state index is -0.234. The predicted molar refractivity (Wildman–Crippen MR) is 111 cm³/mol. The molecular formula is C23H22N4O2. The summed E-state index contributed by atoms with van der Waals surface area (Å²) in [4.78, 5) is 15.1. The first-order valence-corrected chi connectivity index (χ1v) is 9.56. The average molecular weight is 386 g/mol. The number of hydrogen-bond acceptors (Lipinski definition) is 3. The highest BCUT2D eigenvalue weighted by Gasteiger charge is 2.31. The molecule has 0 saturated heterocycles. The summed E-state index contributed by atoms with van der Waals surface area (Å²) in [6, 6.07) is 20.5. The van der Waals surface area contributed by atoms with Gasteiger partial charge in [-0.2, -0.15) is 5.26 Å². The molecule has 29 heavy (non-hydrogen) atoms. The van der Waals surface area contributed by atoms with E-state index in [4.69, 9.17) is 10.00 Å². The van der Waals surface area contributed by atoms with Crippen LogP contribution in [-0.2, 0) is 6.54 Å². The van der Waals surface area contributed by atoms with Gasteiger partial charge in [0.1, 0.15) is 5.75 Å². The van der Waals surface area contributed by atoms with Gasteiger partial charge in [-0.3, -0.25) is 0 Å². The van der Waals surface area contributed by atoms with Gasteiger partial charge in [0.25, 0.3) is 0 Å². The lowest BCUT2D eigenvalue weighted by Gasteiger charge is -2.31. The summed E-state index contributed by atoms with van der Waals surface area (Å²) >= 11 is 0. The van der Waals surface area contributed by atoms with Crippen molar-refractivity contribution in [1.82, 2.24) is 9.47 Å². The first kappa shape index (κ1) is 18.6. The van der Waals surface area contributed by atoms with E-state index in [-0.39, 0.29) is 12.1 Å². The SMILES string of the molecule is COc1cccc(C2c3cccn3CCCN2C(=O)Nc2cccc(C#N)c2)c1. The molecule has 2 aromatic carbocycles. The van der Waals surface area contributed by atoms with Gasteiger partial charge in [-0.15, -0.1) is 0 Å². The third-order valence-corrected chi connectivity index (χ3v) is 5.17. The highest BCUT2D eigenvalue weighted by molar-refractivity contribution is 5.90. The van der Waals surface area contributed by atoms with Crippen LogP contribution in [0.2, 0.25) is 0 Å². The topological polar surface area (TPSA) is 70.3 Å². The largest absolute Gasteiger partial charge is 0.497 e. The summed E-state index contributed by atoms with van der Waals surface area (Å²) in [6.45, 7) is 1.48. The number of ether oxygens (including phenoxy) is 1. The molecule has 0 aliphatic carbocycles. The maximum atomic E-state index is 13.3. The molecule has 1 aliphatic rings. The number of nitrogens with one attached hydrogen (secondary N) is 1. The number of benzene rings is 2. The summed E-state index contributed by atoms with van der Waals surface area (Å²) in [7, 11) is 1.64. The smallest absolute Gasteiger partial charge is 0.322 e. The van der Waals surface area contributed by atoms with Crippen molar-refractivity contribution in [2.24, 2.45) is 0 Å². The second kappa shape index (κ2) is 8.11. The lowest BCUT2D eigenvalue weighted by Crippen LogP contribution is -2.38. The third kappa shape index (κ3) is 3.81. The van der Waals surface area contributed by atoms with E-state index in [0.29, 0.717) is 17.8 Å². The molecule has 1 aromatic heterocycles. The van der Waals surface area contributed by atoms with Crippen molar-refractivity contribution in [1.29, 1.82) is 5.26 Å². The van der Waals surface area contributed by atoms with Crippen molar-refractivity contribution >= 4 is 11.7 Å². The molecule has 1 N–H and O–H groups in total. The molecule has 0 fully saturated rings. The van der Waals surface area contributed by atoms with E-state index in [0.717, 1.165) is 30.0 Å². The van der Waals surface area contributed by atoms with Crippen LogP contribution in [0.3, 0.4) is 0 Å². The molecule has 0 bridgehead atoms. The lowest BCUT2D eigenvalue weighted by atomic mass is 10.0. The summed E-state index contributed by atoms with van der Waals surface area (Å²) in [5.41, 5.74) is 3.18. The zero-order valence-electron chi connectivity index (χ0n) is 16.2. The van der Waals surface area contributed by atoms with Crippen molar-refractivity contribution in [3.05, 3.63) is 83.7 Å². The molecule has 146 valence electrons. The van der Waals surface area contributed by atoms with E-state index in [1.54, 1.807) is 31.4 Å². The zero-order valence-corrected chi connectivity index (χ0v) is 16.2. The third-order valence-electron chi connectivity index (χ3n) is 5.17. The fourth-order valence-electron chi connectivity index (χ4n) is 3.82. The maximum Gasteiger partial charge on any atom is 0.322 e. The number of methoxy groups -OCH3 is 1. The standard InChI is InChI=1S/C23H22N4O2/c1-29-20-9-3-7-18(15-20)22-21-10-4-11-26(21)12-5-13-27(22)23(28)25-19-8-2-6-17(14-19)16-24/h2-4,6-11,14-15,22H,5,12-13H2,1H3,(H,25,28). The van der Waals surface area contributed by atoms with Crippen molar-refractivity contribution in [3.63, 3.8) is 0 Å². The van der Waals surface area contributed by atoms with E-state index in [2.05, 4.69) is 28.2 Å². The molecule has 0 spiro atoms. The number of rotatable bonds is 3. The maximum absolute atomic E-state index is 13.3. The molecule has 2 amide bonds. The predicted octanol–water partition coefficient (Wildman–Crippen LogP) is 4.40. The highest BCUT2D eigenvalue weighted by Crippen LogP contribution is 2.34. The molecule has 6 nitrogen and oxygen atoms in total. The van der Waals surface area contributed by atoms with Crippen LogP contribution in [-0.4, -0.2) is 29.2 Å². The minimum Gasteiger partial charge on any atom is -0.497 e. The van der Waals surface area contributed by atoms with E-state index in [1.807, 2.05) is 35.2 Å². The number of urea groups is 1.